The molecule has 2 aromatic carbocycles. The normalized spacial score (nSPS) is 11.0. The molecular formula is C22H19FN4O. The van der Waals surface area contributed by atoms with Gasteiger partial charge in [0.25, 0.3) is 0 Å². The number of hydrogen-bond donors (Lipinski definition) is 0. The van der Waals surface area contributed by atoms with Gasteiger partial charge in [-0.15, -0.1) is 0 Å². The van der Waals surface area contributed by atoms with E-state index in [0.717, 1.165) is 16.8 Å². The molecule has 0 radical (unpaired) electrons. The molecule has 2 heterocycles. The molecule has 0 unspecified atom stereocenters. The first-order valence-corrected chi connectivity index (χ1v) is 8.88. The molecule has 0 saturated carbocycles. The molecular weight excluding hydrogens is 355 g/mol. The Kier molecular flexibility index (Phi) is 4.39. The van der Waals surface area contributed by atoms with Crippen molar-refractivity contribution in [3.63, 3.8) is 0 Å². The van der Waals surface area contributed by atoms with E-state index in [0.29, 0.717) is 22.7 Å². The highest BCUT2D eigenvalue weighted by Gasteiger charge is 2.17. The number of hydrogen-bond acceptors (Lipinski definition) is 4. The van der Waals surface area contributed by atoms with Crippen molar-refractivity contribution < 1.29 is 9.18 Å². The van der Waals surface area contributed by atoms with Crippen molar-refractivity contribution in [2.24, 2.45) is 7.05 Å². The van der Waals surface area contributed by atoms with Crippen LogP contribution in [0.2, 0.25) is 0 Å². The number of aryl methyl sites for hydroxylation is 1. The lowest BCUT2D eigenvalue weighted by Gasteiger charge is -2.18. The number of fused-ring (bicyclic) bond motifs is 1. The van der Waals surface area contributed by atoms with Gasteiger partial charge in [-0.2, -0.15) is 0 Å². The Labute approximate surface area is 162 Å². The number of benzene rings is 2. The summed E-state index contributed by atoms with van der Waals surface area (Å²) in [6, 6.07) is 15.9. The minimum atomic E-state index is -0.308. The van der Waals surface area contributed by atoms with E-state index in [-0.39, 0.29) is 11.6 Å². The van der Waals surface area contributed by atoms with Gasteiger partial charge < -0.3 is 9.47 Å². The Morgan fingerprint density at radius 2 is 1.89 bits per heavy atom. The Hall–Kier alpha value is -3.54. The number of anilines is 2. The van der Waals surface area contributed by atoms with Gasteiger partial charge in [0.15, 0.2) is 5.78 Å². The average Bonchev–Trinajstić information content (AvgIpc) is 3.04. The van der Waals surface area contributed by atoms with Gasteiger partial charge >= 0.3 is 0 Å². The lowest BCUT2D eigenvalue weighted by molar-refractivity contribution is 0.101. The molecule has 0 aliphatic heterocycles. The zero-order chi connectivity index (χ0) is 19.8. The number of para-hydroxylation sites is 1. The number of halogens is 1. The number of pyridine rings is 1. The van der Waals surface area contributed by atoms with Crippen LogP contribution in [0.3, 0.4) is 0 Å². The summed E-state index contributed by atoms with van der Waals surface area (Å²) in [7, 11) is 3.67. The molecule has 5 nitrogen and oxygen atoms in total. The fourth-order valence-electron chi connectivity index (χ4n) is 3.27. The monoisotopic (exact) mass is 374 g/mol. The average molecular weight is 374 g/mol. The summed E-state index contributed by atoms with van der Waals surface area (Å²) in [6.45, 7) is 1.54. The highest BCUT2D eigenvalue weighted by molar-refractivity contribution is 5.95. The summed E-state index contributed by atoms with van der Waals surface area (Å²) in [5, 5.41) is 0. The fraction of sp³-hybridized carbons (Fsp3) is 0.136. The smallest absolute Gasteiger partial charge is 0.210 e. The van der Waals surface area contributed by atoms with Crippen molar-refractivity contribution >= 4 is 28.5 Å². The molecule has 0 atom stereocenters. The first kappa shape index (κ1) is 17.9. The maximum Gasteiger partial charge on any atom is 0.210 e. The van der Waals surface area contributed by atoms with Crippen LogP contribution in [0.4, 0.5) is 16.0 Å². The molecule has 0 spiro atoms. The third-order valence-corrected chi connectivity index (χ3v) is 4.82. The minimum Gasteiger partial charge on any atom is -0.313 e. The predicted octanol–water partition coefficient (Wildman–Crippen LogP) is 4.74. The van der Waals surface area contributed by atoms with Gasteiger partial charge in [0.05, 0.1) is 23.1 Å². The molecule has 0 saturated heterocycles. The van der Waals surface area contributed by atoms with E-state index in [4.69, 9.17) is 0 Å². The lowest BCUT2D eigenvalue weighted by atomic mass is 10.1. The molecule has 0 amide bonds. The maximum atomic E-state index is 14.2. The second-order valence-electron chi connectivity index (χ2n) is 6.68. The predicted molar refractivity (Wildman–Crippen MR) is 108 cm³/mol. The third-order valence-electron chi connectivity index (χ3n) is 4.82. The molecule has 6 heteroatoms. The number of Topliss-reactive ketones (excluding diaryl/α,β-unsaturated/α-hetero) is 1. The Morgan fingerprint density at radius 1 is 1.11 bits per heavy atom. The molecule has 2 aromatic heterocycles. The Morgan fingerprint density at radius 3 is 2.64 bits per heavy atom. The van der Waals surface area contributed by atoms with Crippen LogP contribution in [-0.2, 0) is 7.05 Å². The van der Waals surface area contributed by atoms with Gasteiger partial charge in [-0.3, -0.25) is 9.78 Å². The third kappa shape index (κ3) is 3.03. The van der Waals surface area contributed by atoms with Crippen molar-refractivity contribution in [2.45, 2.75) is 6.92 Å². The molecule has 28 heavy (non-hydrogen) atoms. The Balaban J connectivity index is 1.79. The van der Waals surface area contributed by atoms with Gasteiger partial charge in [-0.1, -0.05) is 30.3 Å². The minimum absolute atomic E-state index is 0.0114. The first-order valence-electron chi connectivity index (χ1n) is 8.88. The molecule has 0 bridgehead atoms. The van der Waals surface area contributed by atoms with Crippen LogP contribution >= 0.6 is 0 Å². The van der Waals surface area contributed by atoms with E-state index in [1.54, 1.807) is 49.3 Å². The van der Waals surface area contributed by atoms with Crippen molar-refractivity contribution in [1.29, 1.82) is 0 Å². The van der Waals surface area contributed by atoms with Crippen molar-refractivity contribution in [2.75, 3.05) is 11.9 Å². The van der Waals surface area contributed by atoms with Gasteiger partial charge in [0.2, 0.25) is 5.95 Å². The van der Waals surface area contributed by atoms with Crippen LogP contribution in [0.25, 0.3) is 22.3 Å². The largest absolute Gasteiger partial charge is 0.313 e. The summed E-state index contributed by atoms with van der Waals surface area (Å²) < 4.78 is 16.1. The van der Waals surface area contributed by atoms with Crippen molar-refractivity contribution in [3.8, 4) is 11.3 Å². The maximum absolute atomic E-state index is 14.2. The van der Waals surface area contributed by atoms with E-state index >= 15 is 0 Å². The van der Waals surface area contributed by atoms with Gasteiger partial charge in [0.1, 0.15) is 11.3 Å². The summed E-state index contributed by atoms with van der Waals surface area (Å²) in [6.07, 6.45) is 1.70. The number of nitrogens with zero attached hydrogens (tertiary/aromatic N) is 4. The number of ketones is 1. The first-order chi connectivity index (χ1) is 13.5. The molecule has 4 rings (SSSR count). The van der Waals surface area contributed by atoms with Crippen LogP contribution < -0.4 is 4.90 Å². The van der Waals surface area contributed by atoms with Gasteiger partial charge in [0, 0.05) is 25.2 Å². The van der Waals surface area contributed by atoms with Crippen LogP contribution in [0.5, 0.6) is 0 Å². The lowest BCUT2D eigenvalue weighted by Crippen LogP contribution is -2.15. The SMILES string of the molecule is CC(=O)c1cccc(-c2cc3c(cn2)nc(N(C)c2ccccc2F)n3C)c1. The quantitative estimate of drug-likeness (QED) is 0.484. The molecule has 140 valence electrons. The van der Waals surface area contributed by atoms with Gasteiger partial charge in [-0.25, -0.2) is 9.37 Å². The van der Waals surface area contributed by atoms with Crippen molar-refractivity contribution in [1.82, 2.24) is 14.5 Å². The fourth-order valence-corrected chi connectivity index (χ4v) is 3.27. The van der Waals surface area contributed by atoms with Crippen LogP contribution in [0.15, 0.2) is 60.8 Å². The Bertz CT molecular complexity index is 1200. The van der Waals surface area contributed by atoms with Gasteiger partial charge in [-0.05, 0) is 31.2 Å². The van der Waals surface area contributed by atoms with Crippen LogP contribution in [0, 0.1) is 5.82 Å². The standard InChI is InChI=1S/C22H19FN4O/c1-14(28)15-7-6-8-16(11-15)18-12-21-19(13-24-18)25-22(27(21)3)26(2)20-10-5-4-9-17(20)23/h4-13H,1-3H3. The molecule has 0 fully saturated rings. The van der Waals surface area contributed by atoms with E-state index in [2.05, 4.69) is 9.97 Å². The molecule has 4 aromatic rings. The summed E-state index contributed by atoms with van der Waals surface area (Å²) >= 11 is 0. The number of imidazole rings is 1. The van der Waals surface area contributed by atoms with Crippen molar-refractivity contribution in [3.05, 3.63) is 72.2 Å². The summed E-state index contributed by atoms with van der Waals surface area (Å²) in [4.78, 5) is 22.5. The molecule has 0 aliphatic rings. The topological polar surface area (TPSA) is 51.0 Å². The second-order valence-corrected chi connectivity index (χ2v) is 6.68. The van der Waals surface area contributed by atoms with E-state index < -0.39 is 0 Å². The van der Waals surface area contributed by atoms with Crippen LogP contribution in [-0.4, -0.2) is 27.4 Å². The van der Waals surface area contributed by atoms with E-state index in [1.165, 1.54) is 6.07 Å². The number of aromatic nitrogens is 3. The highest BCUT2D eigenvalue weighted by atomic mass is 19.1. The number of carbonyl (C=O) groups is 1. The molecule has 0 N–H and O–H groups in total. The zero-order valence-corrected chi connectivity index (χ0v) is 15.8. The molecule has 0 aliphatic carbocycles. The number of rotatable bonds is 4. The second kappa shape index (κ2) is 6.88. The van der Waals surface area contributed by atoms with E-state index in [1.807, 2.05) is 35.9 Å². The van der Waals surface area contributed by atoms with E-state index in [9.17, 15) is 9.18 Å². The van der Waals surface area contributed by atoms with Crippen LogP contribution in [0.1, 0.15) is 17.3 Å². The highest BCUT2D eigenvalue weighted by Crippen LogP contribution is 2.29. The zero-order valence-electron chi connectivity index (χ0n) is 15.8. The summed E-state index contributed by atoms with van der Waals surface area (Å²) in [5.74, 6) is 0.311. The summed E-state index contributed by atoms with van der Waals surface area (Å²) in [5.41, 5.74) is 4.29. The number of carbonyl (C=O) groups excluding carboxylic acids is 1.